The molecule has 0 bridgehead atoms. The molecule has 3 rings (SSSR count). The Kier molecular flexibility index (Phi) is 6.82. The number of alkyl halides is 3. The van der Waals surface area contributed by atoms with Crippen LogP contribution in [-0.4, -0.2) is 29.7 Å². The van der Waals surface area contributed by atoms with Gasteiger partial charge < -0.3 is 14.4 Å². The molecule has 1 aliphatic rings. The molecular weight excluding hydrogens is 383 g/mol. The summed E-state index contributed by atoms with van der Waals surface area (Å²) in [6, 6.07) is 6.92. The first-order valence-corrected chi connectivity index (χ1v) is 9.96. The number of benzene rings is 1. The van der Waals surface area contributed by atoms with Crippen LogP contribution in [0.3, 0.4) is 0 Å². The lowest BCUT2D eigenvalue weighted by molar-refractivity contribution is -0.137. The van der Waals surface area contributed by atoms with Crippen molar-refractivity contribution < 1.29 is 22.6 Å². The van der Waals surface area contributed by atoms with Crippen LogP contribution in [0.1, 0.15) is 51.0 Å². The van der Waals surface area contributed by atoms with E-state index in [2.05, 4.69) is 16.9 Å². The maximum atomic E-state index is 13.6. The first-order valence-electron chi connectivity index (χ1n) is 9.96. The van der Waals surface area contributed by atoms with Crippen LogP contribution in [0.4, 0.5) is 24.7 Å². The van der Waals surface area contributed by atoms with E-state index in [1.807, 2.05) is 0 Å². The molecule has 0 atom stereocenters. The number of rotatable bonds is 8. The van der Waals surface area contributed by atoms with Crippen LogP contribution in [0.15, 0.2) is 30.5 Å². The summed E-state index contributed by atoms with van der Waals surface area (Å²) in [5, 5.41) is 0. The Balaban J connectivity index is 1.88. The fourth-order valence-corrected chi connectivity index (χ4v) is 3.26. The summed E-state index contributed by atoms with van der Waals surface area (Å²) in [4.78, 5) is 9.31. The van der Waals surface area contributed by atoms with Crippen molar-refractivity contribution in [3.8, 4) is 11.8 Å². The lowest BCUT2D eigenvalue weighted by Crippen LogP contribution is -2.21. The highest BCUT2D eigenvalue weighted by molar-refractivity contribution is 5.64. The molecule has 2 aromatic rings. The minimum Gasteiger partial charge on any atom is -0.494 e. The standard InChI is InChI=1S/C21H26F3N3O2/c1-3-4-12-28-17-11-7-8-15(13-17)27(2)19-18(21(22,23)24)14-25-20(26-19)29-16-9-5-6-10-16/h7-8,11,13-14,16H,3-6,9-10,12H2,1-2H3. The average molecular weight is 409 g/mol. The molecule has 1 aromatic heterocycles. The Morgan fingerprint density at radius 3 is 2.66 bits per heavy atom. The molecule has 1 saturated carbocycles. The van der Waals surface area contributed by atoms with Crippen LogP contribution in [0.2, 0.25) is 0 Å². The molecule has 8 heteroatoms. The number of aromatic nitrogens is 2. The first-order chi connectivity index (χ1) is 13.9. The normalized spacial score (nSPS) is 14.8. The highest BCUT2D eigenvalue weighted by atomic mass is 19.4. The van der Waals surface area contributed by atoms with E-state index >= 15 is 0 Å². The van der Waals surface area contributed by atoms with Gasteiger partial charge in [0, 0.05) is 25.0 Å². The van der Waals surface area contributed by atoms with Crippen molar-refractivity contribution in [2.75, 3.05) is 18.6 Å². The number of ether oxygens (including phenoxy) is 2. The van der Waals surface area contributed by atoms with E-state index in [0.29, 0.717) is 18.0 Å². The van der Waals surface area contributed by atoms with Gasteiger partial charge in [0.15, 0.2) is 5.82 Å². The number of anilines is 2. The van der Waals surface area contributed by atoms with Crippen molar-refractivity contribution in [2.45, 2.75) is 57.7 Å². The van der Waals surface area contributed by atoms with E-state index in [4.69, 9.17) is 9.47 Å². The molecule has 1 fully saturated rings. The maximum Gasteiger partial charge on any atom is 0.421 e. The summed E-state index contributed by atoms with van der Waals surface area (Å²) >= 11 is 0. The topological polar surface area (TPSA) is 47.5 Å². The number of unbranched alkanes of at least 4 members (excludes halogenated alkanes) is 1. The van der Waals surface area contributed by atoms with Crippen molar-refractivity contribution in [2.24, 2.45) is 0 Å². The lowest BCUT2D eigenvalue weighted by Gasteiger charge is -2.23. The van der Waals surface area contributed by atoms with Gasteiger partial charge in [-0.3, -0.25) is 0 Å². The number of hydrogen-bond acceptors (Lipinski definition) is 5. The Labute approximate surface area is 168 Å². The molecule has 0 radical (unpaired) electrons. The van der Waals surface area contributed by atoms with Crippen LogP contribution in [0.25, 0.3) is 0 Å². The molecular formula is C21H26F3N3O2. The largest absolute Gasteiger partial charge is 0.494 e. The molecule has 0 aliphatic heterocycles. The SMILES string of the molecule is CCCCOc1cccc(N(C)c2nc(OC3CCCC3)ncc2C(F)(F)F)c1. The van der Waals surface area contributed by atoms with Gasteiger partial charge in [-0.15, -0.1) is 0 Å². The van der Waals surface area contributed by atoms with Crippen LogP contribution in [-0.2, 0) is 6.18 Å². The van der Waals surface area contributed by atoms with Crippen molar-refractivity contribution in [1.82, 2.24) is 9.97 Å². The maximum absolute atomic E-state index is 13.6. The predicted octanol–water partition coefficient (Wildman–Crippen LogP) is 5.76. The quantitative estimate of drug-likeness (QED) is 0.519. The third kappa shape index (κ3) is 5.52. The molecule has 0 unspecified atom stereocenters. The zero-order valence-corrected chi connectivity index (χ0v) is 16.7. The lowest BCUT2D eigenvalue weighted by atomic mass is 10.2. The fraction of sp³-hybridized carbons (Fsp3) is 0.524. The third-order valence-electron chi connectivity index (χ3n) is 4.92. The van der Waals surface area contributed by atoms with Gasteiger partial charge >= 0.3 is 12.2 Å². The molecule has 1 aliphatic carbocycles. The van der Waals surface area contributed by atoms with E-state index in [0.717, 1.165) is 44.7 Å². The highest BCUT2D eigenvalue weighted by Gasteiger charge is 2.37. The number of halogens is 3. The van der Waals surface area contributed by atoms with Gasteiger partial charge in [-0.25, -0.2) is 4.98 Å². The van der Waals surface area contributed by atoms with E-state index < -0.39 is 11.7 Å². The van der Waals surface area contributed by atoms with Crippen LogP contribution in [0.5, 0.6) is 11.8 Å². The summed E-state index contributed by atoms with van der Waals surface area (Å²) in [7, 11) is 1.54. The minimum absolute atomic E-state index is 0.0258. The molecule has 1 heterocycles. The van der Waals surface area contributed by atoms with Crippen LogP contribution >= 0.6 is 0 Å². The Morgan fingerprint density at radius 1 is 1.21 bits per heavy atom. The van der Waals surface area contributed by atoms with Crippen LogP contribution in [0, 0.1) is 0 Å². The molecule has 1 aromatic carbocycles. The summed E-state index contributed by atoms with van der Waals surface area (Å²) in [6.45, 7) is 2.62. The van der Waals surface area contributed by atoms with Crippen molar-refractivity contribution in [3.63, 3.8) is 0 Å². The average Bonchev–Trinajstić information content (AvgIpc) is 3.20. The van der Waals surface area contributed by atoms with Gasteiger partial charge in [0.1, 0.15) is 17.4 Å². The Hall–Kier alpha value is -2.51. The zero-order chi connectivity index (χ0) is 20.9. The third-order valence-corrected chi connectivity index (χ3v) is 4.92. The van der Waals surface area contributed by atoms with Gasteiger partial charge in [0.2, 0.25) is 0 Å². The first kappa shape index (κ1) is 21.2. The second kappa shape index (κ2) is 9.33. The second-order valence-electron chi connectivity index (χ2n) is 7.17. The molecule has 5 nitrogen and oxygen atoms in total. The monoisotopic (exact) mass is 409 g/mol. The zero-order valence-electron chi connectivity index (χ0n) is 16.7. The molecule has 29 heavy (non-hydrogen) atoms. The van der Waals surface area contributed by atoms with Gasteiger partial charge in [0.05, 0.1) is 6.61 Å². The van der Waals surface area contributed by atoms with E-state index in [-0.39, 0.29) is 17.9 Å². The van der Waals surface area contributed by atoms with Crippen molar-refractivity contribution in [1.29, 1.82) is 0 Å². The molecule has 158 valence electrons. The van der Waals surface area contributed by atoms with Gasteiger partial charge in [-0.05, 0) is 44.2 Å². The highest BCUT2D eigenvalue weighted by Crippen LogP contribution is 2.38. The number of hydrogen-bond donors (Lipinski definition) is 0. The summed E-state index contributed by atoms with van der Waals surface area (Å²) < 4.78 is 52.1. The van der Waals surface area contributed by atoms with E-state index in [1.54, 1.807) is 31.3 Å². The summed E-state index contributed by atoms with van der Waals surface area (Å²) in [5.41, 5.74) is -0.369. The van der Waals surface area contributed by atoms with Crippen molar-refractivity contribution in [3.05, 3.63) is 36.0 Å². The number of nitrogens with zero attached hydrogens (tertiary/aromatic N) is 3. The summed E-state index contributed by atoms with van der Waals surface area (Å²) in [6.07, 6.45) is 1.91. The Morgan fingerprint density at radius 2 is 1.97 bits per heavy atom. The smallest absolute Gasteiger partial charge is 0.421 e. The van der Waals surface area contributed by atoms with Crippen molar-refractivity contribution >= 4 is 11.5 Å². The molecule has 0 N–H and O–H groups in total. The van der Waals surface area contributed by atoms with Gasteiger partial charge in [-0.2, -0.15) is 18.2 Å². The molecule has 0 saturated heterocycles. The molecule has 0 spiro atoms. The summed E-state index contributed by atoms with van der Waals surface area (Å²) in [5.74, 6) is 0.360. The minimum atomic E-state index is -4.58. The Bertz CT molecular complexity index is 808. The van der Waals surface area contributed by atoms with Crippen LogP contribution < -0.4 is 14.4 Å². The second-order valence-corrected chi connectivity index (χ2v) is 7.17. The van der Waals surface area contributed by atoms with Gasteiger partial charge in [0.25, 0.3) is 0 Å². The predicted molar refractivity (Wildman–Crippen MR) is 105 cm³/mol. The van der Waals surface area contributed by atoms with E-state index in [1.165, 1.54) is 4.90 Å². The fourth-order valence-electron chi connectivity index (χ4n) is 3.26. The molecule has 0 amide bonds. The van der Waals surface area contributed by atoms with E-state index in [9.17, 15) is 13.2 Å². The van der Waals surface area contributed by atoms with Gasteiger partial charge in [-0.1, -0.05) is 19.4 Å².